The van der Waals surface area contributed by atoms with Gasteiger partial charge in [-0.1, -0.05) is 0 Å². The number of aromatic carboxylic acids is 1. The van der Waals surface area contributed by atoms with Crippen LogP contribution in [-0.2, 0) is 13.1 Å². The zero-order valence-corrected chi connectivity index (χ0v) is 11.0. The Morgan fingerprint density at radius 1 is 1.35 bits per heavy atom. The van der Waals surface area contributed by atoms with Crippen LogP contribution in [0.15, 0.2) is 41.1 Å². The molecule has 0 unspecified atom stereocenters. The van der Waals surface area contributed by atoms with E-state index >= 15 is 0 Å². The molecule has 1 fully saturated rings. The van der Waals surface area contributed by atoms with Crippen LogP contribution in [0.25, 0.3) is 0 Å². The van der Waals surface area contributed by atoms with Gasteiger partial charge >= 0.3 is 5.97 Å². The van der Waals surface area contributed by atoms with Crippen molar-refractivity contribution in [3.05, 3.63) is 53.7 Å². The summed E-state index contributed by atoms with van der Waals surface area (Å²) in [6, 6.07) is 7.82. The second-order valence-electron chi connectivity index (χ2n) is 5.06. The molecule has 104 valence electrons. The summed E-state index contributed by atoms with van der Waals surface area (Å²) >= 11 is 0. The van der Waals surface area contributed by atoms with E-state index < -0.39 is 5.97 Å². The smallest absolute Gasteiger partial charge is 0.337 e. The van der Waals surface area contributed by atoms with Crippen molar-refractivity contribution in [1.29, 1.82) is 0 Å². The van der Waals surface area contributed by atoms with E-state index in [1.165, 1.54) is 19.0 Å². The fourth-order valence-electron chi connectivity index (χ4n) is 2.21. The van der Waals surface area contributed by atoms with Crippen molar-refractivity contribution in [1.82, 2.24) is 9.88 Å². The summed E-state index contributed by atoms with van der Waals surface area (Å²) in [5.41, 5.74) is 1.10. The van der Waals surface area contributed by atoms with Gasteiger partial charge in [-0.25, -0.2) is 4.79 Å². The Bertz CT molecular complexity index is 574. The number of pyridine rings is 1. The zero-order chi connectivity index (χ0) is 13.9. The Morgan fingerprint density at radius 2 is 2.20 bits per heavy atom. The molecule has 0 aromatic carbocycles. The molecular formula is C15H16N2O3. The molecule has 0 atom stereocenters. The van der Waals surface area contributed by atoms with Gasteiger partial charge in [0.15, 0.2) is 0 Å². The van der Waals surface area contributed by atoms with Crippen LogP contribution in [-0.4, -0.2) is 27.0 Å². The van der Waals surface area contributed by atoms with Crippen LogP contribution < -0.4 is 0 Å². The maximum atomic E-state index is 10.8. The number of carboxylic acids is 1. The predicted molar refractivity (Wildman–Crippen MR) is 72.2 cm³/mol. The summed E-state index contributed by atoms with van der Waals surface area (Å²) in [6.45, 7) is 1.48. The van der Waals surface area contributed by atoms with Crippen molar-refractivity contribution in [2.45, 2.75) is 32.0 Å². The van der Waals surface area contributed by atoms with Gasteiger partial charge in [-0.05, 0) is 37.1 Å². The van der Waals surface area contributed by atoms with Gasteiger partial charge in [0, 0.05) is 18.8 Å². The molecule has 0 amide bonds. The van der Waals surface area contributed by atoms with Crippen molar-refractivity contribution in [2.75, 3.05) is 0 Å². The van der Waals surface area contributed by atoms with Crippen LogP contribution in [0.3, 0.4) is 0 Å². The van der Waals surface area contributed by atoms with Crippen LogP contribution in [0, 0.1) is 0 Å². The second kappa shape index (κ2) is 5.46. The first kappa shape index (κ1) is 12.9. The van der Waals surface area contributed by atoms with E-state index in [0.29, 0.717) is 12.6 Å². The van der Waals surface area contributed by atoms with Gasteiger partial charge in [0.05, 0.1) is 24.1 Å². The van der Waals surface area contributed by atoms with Crippen molar-refractivity contribution in [3.8, 4) is 0 Å². The van der Waals surface area contributed by atoms with E-state index in [1.54, 1.807) is 18.4 Å². The molecule has 1 N–H and O–H groups in total. The number of rotatable bonds is 6. The Hall–Kier alpha value is -2.14. The Balaban J connectivity index is 1.68. The van der Waals surface area contributed by atoms with Gasteiger partial charge in [-0.2, -0.15) is 0 Å². The van der Waals surface area contributed by atoms with Crippen molar-refractivity contribution < 1.29 is 14.3 Å². The first-order valence-electron chi connectivity index (χ1n) is 6.67. The topological polar surface area (TPSA) is 66.6 Å². The molecular weight excluding hydrogens is 256 g/mol. The van der Waals surface area contributed by atoms with Crippen LogP contribution in [0.2, 0.25) is 0 Å². The molecule has 1 aliphatic carbocycles. The number of carbonyl (C=O) groups is 1. The molecule has 0 spiro atoms. The van der Waals surface area contributed by atoms with Gasteiger partial charge < -0.3 is 9.52 Å². The molecule has 5 nitrogen and oxygen atoms in total. The Labute approximate surface area is 116 Å². The highest BCUT2D eigenvalue weighted by molar-refractivity contribution is 5.87. The molecule has 0 aliphatic heterocycles. The summed E-state index contributed by atoms with van der Waals surface area (Å²) < 4.78 is 5.39. The quantitative estimate of drug-likeness (QED) is 0.875. The molecule has 0 radical (unpaired) electrons. The monoisotopic (exact) mass is 272 g/mol. The van der Waals surface area contributed by atoms with Crippen molar-refractivity contribution in [2.24, 2.45) is 0 Å². The first-order chi connectivity index (χ1) is 9.72. The largest absolute Gasteiger partial charge is 0.478 e. The average Bonchev–Trinajstić information content (AvgIpc) is 3.17. The van der Waals surface area contributed by atoms with Crippen LogP contribution in [0.4, 0.5) is 0 Å². The van der Waals surface area contributed by atoms with E-state index in [-0.39, 0.29) is 5.56 Å². The fraction of sp³-hybridized carbons (Fsp3) is 0.333. The molecule has 20 heavy (non-hydrogen) atoms. The summed E-state index contributed by atoms with van der Waals surface area (Å²) in [5, 5.41) is 8.86. The molecule has 5 heteroatoms. The Morgan fingerprint density at radius 3 is 2.75 bits per heavy atom. The van der Waals surface area contributed by atoms with Gasteiger partial charge in [0.1, 0.15) is 5.76 Å². The third-order valence-corrected chi connectivity index (χ3v) is 3.44. The first-order valence-corrected chi connectivity index (χ1v) is 6.67. The van der Waals surface area contributed by atoms with E-state index in [9.17, 15) is 4.79 Å². The average molecular weight is 272 g/mol. The van der Waals surface area contributed by atoms with Crippen molar-refractivity contribution in [3.63, 3.8) is 0 Å². The number of nitrogens with zero attached hydrogens (tertiary/aromatic N) is 2. The lowest BCUT2D eigenvalue weighted by molar-refractivity contribution is 0.0696. The SMILES string of the molecule is O=C(O)c1ccc(CN(Cc2ccco2)C2CC2)nc1. The van der Waals surface area contributed by atoms with Gasteiger partial charge in [0.25, 0.3) is 0 Å². The van der Waals surface area contributed by atoms with E-state index in [2.05, 4.69) is 9.88 Å². The molecule has 1 saturated carbocycles. The lowest BCUT2D eigenvalue weighted by atomic mass is 10.2. The minimum absolute atomic E-state index is 0.220. The molecule has 3 rings (SSSR count). The fourth-order valence-corrected chi connectivity index (χ4v) is 2.21. The summed E-state index contributed by atoms with van der Waals surface area (Å²) in [6.07, 6.45) is 5.50. The predicted octanol–water partition coefficient (Wildman–Crippen LogP) is 2.54. The minimum Gasteiger partial charge on any atom is -0.478 e. The minimum atomic E-state index is -0.946. The summed E-state index contributed by atoms with van der Waals surface area (Å²) in [4.78, 5) is 17.3. The van der Waals surface area contributed by atoms with E-state index in [1.807, 2.05) is 12.1 Å². The van der Waals surface area contributed by atoms with Crippen molar-refractivity contribution >= 4 is 5.97 Å². The number of furan rings is 1. The Kier molecular flexibility index (Phi) is 3.52. The molecule has 2 heterocycles. The second-order valence-corrected chi connectivity index (χ2v) is 5.06. The summed E-state index contributed by atoms with van der Waals surface area (Å²) in [7, 11) is 0. The summed E-state index contributed by atoms with van der Waals surface area (Å²) in [5.74, 6) is -0.00209. The molecule has 0 bridgehead atoms. The van der Waals surface area contributed by atoms with E-state index in [4.69, 9.17) is 9.52 Å². The molecule has 0 saturated heterocycles. The van der Waals surface area contributed by atoms with E-state index in [0.717, 1.165) is 18.0 Å². The lowest BCUT2D eigenvalue weighted by Crippen LogP contribution is -2.25. The highest BCUT2D eigenvalue weighted by Crippen LogP contribution is 2.29. The third-order valence-electron chi connectivity index (χ3n) is 3.44. The number of aromatic nitrogens is 1. The van der Waals surface area contributed by atoms with Crippen LogP contribution >= 0.6 is 0 Å². The van der Waals surface area contributed by atoms with Gasteiger partial charge in [-0.3, -0.25) is 9.88 Å². The third kappa shape index (κ3) is 3.05. The number of hydrogen-bond acceptors (Lipinski definition) is 4. The molecule has 1 aliphatic rings. The van der Waals surface area contributed by atoms with Crippen LogP contribution in [0.5, 0.6) is 0 Å². The number of hydrogen-bond donors (Lipinski definition) is 1. The van der Waals surface area contributed by atoms with Gasteiger partial charge in [-0.15, -0.1) is 0 Å². The maximum absolute atomic E-state index is 10.8. The molecule has 2 aromatic heterocycles. The van der Waals surface area contributed by atoms with Gasteiger partial charge in [0.2, 0.25) is 0 Å². The highest BCUT2D eigenvalue weighted by atomic mass is 16.4. The van der Waals surface area contributed by atoms with Crippen LogP contribution in [0.1, 0.15) is 34.7 Å². The molecule has 2 aromatic rings. The number of carboxylic acid groups (broad SMARTS) is 1. The zero-order valence-electron chi connectivity index (χ0n) is 11.0. The lowest BCUT2D eigenvalue weighted by Gasteiger charge is -2.20. The highest BCUT2D eigenvalue weighted by Gasteiger charge is 2.29. The maximum Gasteiger partial charge on any atom is 0.337 e. The normalized spacial score (nSPS) is 14.7. The standard InChI is InChI=1S/C15H16N2O3/c18-15(19)11-3-4-12(16-8-11)9-17(13-5-6-13)10-14-2-1-7-20-14/h1-4,7-8,13H,5-6,9-10H2,(H,18,19).